The predicted octanol–water partition coefficient (Wildman–Crippen LogP) is 2.74. The summed E-state index contributed by atoms with van der Waals surface area (Å²) in [5.41, 5.74) is -1.04. The number of hydrogen-bond acceptors (Lipinski definition) is 9. The number of aliphatic hydroxyl groups excluding tert-OH is 1. The zero-order valence-electron chi connectivity index (χ0n) is 23.0. The molecule has 9 heteroatoms. The fraction of sp³-hybridized carbons (Fsp3) is 0.419. The molecule has 2 aromatic carbocycles. The third-order valence-corrected chi connectivity index (χ3v) is 8.59. The van der Waals surface area contributed by atoms with E-state index >= 15 is 0 Å². The first-order valence-corrected chi connectivity index (χ1v) is 13.4. The van der Waals surface area contributed by atoms with Crippen molar-refractivity contribution in [1.29, 1.82) is 0 Å². The number of aliphatic hydroxyl groups is 2. The summed E-state index contributed by atoms with van der Waals surface area (Å²) in [6.45, 7) is 1.32. The number of carbonyl (C=O) groups excluding carboxylic acids is 1. The van der Waals surface area contributed by atoms with E-state index in [9.17, 15) is 15.0 Å². The molecule has 1 aliphatic carbocycles. The highest BCUT2D eigenvalue weighted by atomic mass is 16.5. The summed E-state index contributed by atoms with van der Waals surface area (Å²) >= 11 is 0. The first-order valence-electron chi connectivity index (χ1n) is 13.4. The van der Waals surface area contributed by atoms with Gasteiger partial charge >= 0.3 is 0 Å². The van der Waals surface area contributed by atoms with Crippen molar-refractivity contribution in [3.63, 3.8) is 0 Å². The van der Waals surface area contributed by atoms with Crippen LogP contribution in [0.2, 0.25) is 0 Å². The smallest absolute Gasteiger partial charge is 0.226 e. The van der Waals surface area contributed by atoms with Crippen molar-refractivity contribution in [3.8, 4) is 17.5 Å². The Kier molecular flexibility index (Phi) is 6.58. The number of pyridine rings is 1. The van der Waals surface area contributed by atoms with Gasteiger partial charge in [-0.3, -0.25) is 4.79 Å². The zero-order valence-corrected chi connectivity index (χ0v) is 23.0. The van der Waals surface area contributed by atoms with Crippen LogP contribution in [-0.2, 0) is 15.9 Å². The molecule has 5 atom stereocenters. The molecule has 40 heavy (non-hydrogen) atoms. The maximum Gasteiger partial charge on any atom is 0.226 e. The van der Waals surface area contributed by atoms with E-state index in [0.29, 0.717) is 36.6 Å². The lowest BCUT2D eigenvalue weighted by atomic mass is 9.70. The number of ketones is 1. The normalized spacial score (nSPS) is 28.9. The molecule has 3 aliphatic rings. The molecular formula is C31H34N2O7. The molecule has 210 valence electrons. The number of fused-ring (bicyclic) bond motifs is 3. The van der Waals surface area contributed by atoms with Gasteiger partial charge in [0.25, 0.3) is 0 Å². The fourth-order valence-corrected chi connectivity index (χ4v) is 6.79. The number of rotatable bonds is 8. The second kappa shape index (κ2) is 9.85. The number of Topliss-reactive ketones (excluding diaryl/α,β-unsaturated/α-hetero) is 1. The molecular weight excluding hydrogens is 512 g/mol. The van der Waals surface area contributed by atoms with Crippen LogP contribution in [0, 0.1) is 11.8 Å². The van der Waals surface area contributed by atoms with Crippen molar-refractivity contribution in [2.24, 2.45) is 11.8 Å². The average Bonchev–Trinajstić information content (AvgIpc) is 3.30. The molecule has 1 saturated carbocycles. The second-order valence-electron chi connectivity index (χ2n) is 11.1. The van der Waals surface area contributed by atoms with Crippen LogP contribution in [-0.4, -0.2) is 80.1 Å². The quantitative estimate of drug-likeness (QED) is 0.412. The Hall–Kier alpha value is -3.50. The SMILES string of the molecule is COc1cc2c(c(OC)n1)[C@]1(O)[C@H](O)[C@H](CN(C)C)[C@@H](c3ccccc3)[C@]1(c1ccc(C(=O)C3COC3)cc1)O2. The van der Waals surface area contributed by atoms with Crippen LogP contribution in [0.4, 0.5) is 0 Å². The minimum atomic E-state index is -1.94. The highest BCUT2D eigenvalue weighted by molar-refractivity contribution is 5.98. The number of nitrogens with zero attached hydrogens (tertiary/aromatic N) is 2. The lowest BCUT2D eigenvalue weighted by Crippen LogP contribution is -2.52. The minimum Gasteiger partial charge on any atom is -0.481 e. The first-order chi connectivity index (χ1) is 19.3. The van der Waals surface area contributed by atoms with Crippen LogP contribution in [0.25, 0.3) is 0 Å². The predicted molar refractivity (Wildman–Crippen MR) is 146 cm³/mol. The highest BCUT2D eigenvalue weighted by Crippen LogP contribution is 2.69. The summed E-state index contributed by atoms with van der Waals surface area (Å²) in [4.78, 5) is 19.4. The molecule has 2 N–H and O–H groups in total. The number of hydrogen-bond donors (Lipinski definition) is 2. The third-order valence-electron chi connectivity index (χ3n) is 8.59. The molecule has 0 spiro atoms. The van der Waals surface area contributed by atoms with Gasteiger partial charge in [-0.2, -0.15) is 4.98 Å². The number of aromatic nitrogens is 1. The maximum atomic E-state index is 12.9. The minimum absolute atomic E-state index is 0.0216. The maximum absolute atomic E-state index is 12.9. The Balaban J connectivity index is 1.60. The van der Waals surface area contributed by atoms with Crippen LogP contribution in [0.1, 0.15) is 33.0 Å². The molecule has 3 aromatic rings. The van der Waals surface area contributed by atoms with Gasteiger partial charge in [-0.25, -0.2) is 0 Å². The topological polar surface area (TPSA) is 111 Å². The van der Waals surface area contributed by atoms with Crippen molar-refractivity contribution < 1.29 is 34.0 Å². The van der Waals surface area contributed by atoms with Crippen molar-refractivity contribution in [3.05, 3.63) is 82.9 Å². The molecule has 2 aliphatic heterocycles. The standard InChI is InChI=1S/C31H34N2O7/c1-33(2)15-22-25(18-8-6-5-7-9-18)31(21-12-10-19(11-13-21)27(34)20-16-39-17-20)30(36,28(22)35)26-23(40-31)14-24(37-3)32-29(26)38-4/h5-14,20,22,25,28,35-36H,15-17H2,1-4H3/t22-,25-,28-,30+,31+/m1/s1. The average molecular weight is 547 g/mol. The molecule has 0 radical (unpaired) electrons. The van der Waals surface area contributed by atoms with Crippen LogP contribution in [0.5, 0.6) is 17.5 Å². The Morgan fingerprint density at radius 3 is 2.35 bits per heavy atom. The summed E-state index contributed by atoms with van der Waals surface area (Å²) in [5.74, 6) is -0.350. The van der Waals surface area contributed by atoms with Crippen molar-refractivity contribution >= 4 is 5.78 Å². The summed E-state index contributed by atoms with van der Waals surface area (Å²) in [6.07, 6.45) is -1.25. The molecule has 2 fully saturated rings. The molecule has 0 bridgehead atoms. The van der Waals surface area contributed by atoms with Crippen LogP contribution in [0.3, 0.4) is 0 Å². The van der Waals surface area contributed by atoms with E-state index in [4.69, 9.17) is 18.9 Å². The largest absolute Gasteiger partial charge is 0.481 e. The summed E-state index contributed by atoms with van der Waals surface area (Å²) < 4.78 is 23.1. The van der Waals surface area contributed by atoms with Gasteiger partial charge in [0.2, 0.25) is 11.8 Å². The Morgan fingerprint density at radius 2 is 1.77 bits per heavy atom. The van der Waals surface area contributed by atoms with E-state index in [1.807, 2.05) is 61.5 Å². The van der Waals surface area contributed by atoms with Gasteiger partial charge in [-0.05, 0) is 25.2 Å². The van der Waals surface area contributed by atoms with E-state index in [2.05, 4.69) is 4.98 Å². The van der Waals surface area contributed by atoms with Gasteiger partial charge < -0.3 is 34.1 Å². The van der Waals surface area contributed by atoms with Gasteiger partial charge in [0.15, 0.2) is 17.0 Å². The third kappa shape index (κ3) is 3.69. The van der Waals surface area contributed by atoms with E-state index in [1.165, 1.54) is 14.2 Å². The lowest BCUT2D eigenvalue weighted by Gasteiger charge is -2.41. The number of carbonyl (C=O) groups is 1. The molecule has 9 nitrogen and oxygen atoms in total. The monoisotopic (exact) mass is 546 g/mol. The second-order valence-corrected chi connectivity index (χ2v) is 11.1. The fourth-order valence-electron chi connectivity index (χ4n) is 6.79. The van der Waals surface area contributed by atoms with E-state index in [-0.39, 0.29) is 29.0 Å². The number of ether oxygens (including phenoxy) is 4. The van der Waals surface area contributed by atoms with E-state index < -0.39 is 29.1 Å². The molecule has 1 aromatic heterocycles. The van der Waals surface area contributed by atoms with Crippen molar-refractivity contribution in [2.45, 2.75) is 23.2 Å². The Bertz CT molecular complexity index is 1410. The molecule has 0 unspecified atom stereocenters. The number of benzene rings is 2. The van der Waals surface area contributed by atoms with Crippen LogP contribution in [0.15, 0.2) is 60.7 Å². The van der Waals surface area contributed by atoms with E-state index in [1.54, 1.807) is 18.2 Å². The van der Waals surface area contributed by atoms with Crippen molar-refractivity contribution in [1.82, 2.24) is 9.88 Å². The zero-order chi connectivity index (χ0) is 28.2. The molecule has 0 amide bonds. The number of methoxy groups -OCH3 is 2. The van der Waals surface area contributed by atoms with E-state index in [0.717, 1.165) is 5.56 Å². The van der Waals surface area contributed by atoms with Gasteiger partial charge in [0, 0.05) is 30.0 Å². The van der Waals surface area contributed by atoms with Gasteiger partial charge in [0.05, 0.1) is 45.0 Å². The van der Waals surface area contributed by atoms with Crippen LogP contribution < -0.4 is 14.2 Å². The van der Waals surface area contributed by atoms with Gasteiger partial charge in [0.1, 0.15) is 5.75 Å². The van der Waals surface area contributed by atoms with Crippen LogP contribution >= 0.6 is 0 Å². The van der Waals surface area contributed by atoms with Crippen molar-refractivity contribution in [2.75, 3.05) is 48.1 Å². The molecule has 1 saturated heterocycles. The van der Waals surface area contributed by atoms with Gasteiger partial charge in [-0.15, -0.1) is 0 Å². The molecule has 6 rings (SSSR count). The Morgan fingerprint density at radius 1 is 1.07 bits per heavy atom. The van der Waals surface area contributed by atoms with Gasteiger partial charge in [-0.1, -0.05) is 54.6 Å². The Labute approximate surface area is 233 Å². The summed E-state index contributed by atoms with van der Waals surface area (Å²) in [6, 6.07) is 18.6. The first kappa shape index (κ1) is 26.7. The highest BCUT2D eigenvalue weighted by Gasteiger charge is 2.77. The summed E-state index contributed by atoms with van der Waals surface area (Å²) in [5, 5.41) is 25.1. The molecule has 3 heterocycles. The lowest BCUT2D eigenvalue weighted by molar-refractivity contribution is -0.152. The summed E-state index contributed by atoms with van der Waals surface area (Å²) in [7, 11) is 6.83.